The summed E-state index contributed by atoms with van der Waals surface area (Å²) in [5.41, 5.74) is 8.98. The lowest BCUT2D eigenvalue weighted by molar-refractivity contribution is -0.133. The number of hydrogen-bond donors (Lipinski definition) is 6. The molecule has 6 rings (SSSR count). The van der Waals surface area contributed by atoms with E-state index in [2.05, 4.69) is 48.8 Å². The number of imide groups is 1. The van der Waals surface area contributed by atoms with Crippen molar-refractivity contribution in [2.45, 2.75) is 56.4 Å². The molecule has 1 fully saturated rings. The third kappa shape index (κ3) is 12.1. The monoisotopic (exact) mass is 878 g/mol. The van der Waals surface area contributed by atoms with Gasteiger partial charge < -0.3 is 46.3 Å². The predicted octanol–water partition coefficient (Wildman–Crippen LogP) is 3.51. The van der Waals surface area contributed by atoms with E-state index < -0.39 is 36.3 Å². The number of aromatic nitrogens is 2. The number of nitrogens with zero attached hydrogens (tertiary/aromatic N) is 5. The summed E-state index contributed by atoms with van der Waals surface area (Å²) in [5, 5.41) is 12.1. The molecule has 1 aromatic heterocycles. The average Bonchev–Trinajstić information content (AvgIpc) is 3.53. The van der Waals surface area contributed by atoms with Crippen molar-refractivity contribution in [3.8, 4) is 5.75 Å². The first-order valence-corrected chi connectivity index (χ1v) is 21.1. The van der Waals surface area contributed by atoms with E-state index in [9.17, 15) is 33.6 Å². The van der Waals surface area contributed by atoms with Crippen molar-refractivity contribution in [1.29, 1.82) is 0 Å². The Kier molecular flexibility index (Phi) is 15.7. The van der Waals surface area contributed by atoms with Crippen LogP contribution in [-0.2, 0) is 24.0 Å². The number of rotatable bonds is 21. The summed E-state index contributed by atoms with van der Waals surface area (Å²) in [4.78, 5) is 101. The SMILES string of the molecule is Cc1cnc(Nc2ccc(N3CCN(C(=O)CCC(=O)NCCCCNC(=O)COc4cccc5c4C(=O)N(C(CCC=O)C(N)=O)C5=O)CC3)cc2)nc1Nc1cccc(S)c1. The van der Waals surface area contributed by atoms with E-state index in [1.807, 2.05) is 55.5 Å². The fourth-order valence-corrected chi connectivity index (χ4v) is 7.34. The van der Waals surface area contributed by atoms with Gasteiger partial charge in [-0.1, -0.05) is 12.1 Å². The van der Waals surface area contributed by atoms with E-state index in [1.165, 1.54) is 18.2 Å². The van der Waals surface area contributed by atoms with Gasteiger partial charge in [-0.15, -0.1) is 12.6 Å². The molecule has 4 aromatic rings. The Morgan fingerprint density at radius 2 is 1.59 bits per heavy atom. The van der Waals surface area contributed by atoms with Crippen LogP contribution in [0.2, 0.25) is 0 Å². The van der Waals surface area contributed by atoms with E-state index in [1.54, 1.807) is 11.1 Å². The van der Waals surface area contributed by atoms with E-state index in [4.69, 9.17) is 10.5 Å². The molecule has 2 aliphatic rings. The number of fused-ring (bicyclic) bond motifs is 1. The largest absolute Gasteiger partial charge is 0.483 e. The van der Waals surface area contributed by atoms with Crippen LogP contribution in [-0.4, -0.2) is 113 Å². The highest BCUT2D eigenvalue weighted by atomic mass is 32.1. The zero-order valence-corrected chi connectivity index (χ0v) is 35.7. The molecule has 6 amide bonds. The Labute approximate surface area is 369 Å². The Hall–Kier alpha value is -7.02. The maximum atomic E-state index is 13.2. The van der Waals surface area contributed by atoms with E-state index in [0.29, 0.717) is 70.2 Å². The van der Waals surface area contributed by atoms with Crippen LogP contribution in [0.25, 0.3) is 0 Å². The van der Waals surface area contributed by atoms with Crippen LogP contribution >= 0.6 is 12.6 Å². The van der Waals surface area contributed by atoms with Crippen molar-refractivity contribution < 1.29 is 38.3 Å². The number of amides is 6. The molecule has 19 heteroatoms. The van der Waals surface area contributed by atoms with Crippen LogP contribution < -0.4 is 36.6 Å². The lowest BCUT2D eigenvalue weighted by Gasteiger charge is -2.36. The van der Waals surface area contributed by atoms with Gasteiger partial charge in [0.05, 0.1) is 11.1 Å². The first-order chi connectivity index (χ1) is 30.4. The molecule has 1 saturated heterocycles. The summed E-state index contributed by atoms with van der Waals surface area (Å²) >= 11 is 4.41. The third-order valence-corrected chi connectivity index (χ3v) is 10.8. The Balaban J connectivity index is 0.835. The first-order valence-electron chi connectivity index (χ1n) is 20.6. The zero-order chi connectivity index (χ0) is 44.9. The summed E-state index contributed by atoms with van der Waals surface area (Å²) in [6.07, 6.45) is 3.46. The molecule has 3 aromatic carbocycles. The lowest BCUT2D eigenvalue weighted by Crippen LogP contribution is -2.49. The molecule has 0 bridgehead atoms. The van der Waals surface area contributed by atoms with Gasteiger partial charge in [0.15, 0.2) is 6.61 Å². The number of ether oxygens (including phenoxy) is 1. The number of nitrogens with one attached hydrogen (secondary N) is 4. The molecule has 0 saturated carbocycles. The van der Waals surface area contributed by atoms with E-state index >= 15 is 0 Å². The number of carbonyl (C=O) groups excluding carboxylic acids is 7. The minimum absolute atomic E-state index is 0.00317. The van der Waals surface area contributed by atoms with Crippen LogP contribution in [0.5, 0.6) is 5.75 Å². The summed E-state index contributed by atoms with van der Waals surface area (Å²) in [5.74, 6) is -2.08. The number of unbranched alkanes of at least 4 members (excludes halogenated alkanes) is 1. The van der Waals surface area contributed by atoms with E-state index in [0.717, 1.165) is 32.4 Å². The highest BCUT2D eigenvalue weighted by Gasteiger charge is 2.43. The standard InChI is InChI=1S/C44H50N10O8S/c1-28-26-48-44(51-41(28)49-30-7-4-8-32(63)25-30)50-29-12-14-31(15-13-29)52-20-22-53(23-21-52)38(58)17-16-36(56)46-18-2-3-19-47-37(57)27-62-35-11-5-9-33-39(35)43(61)54(42(33)60)34(40(45)59)10-6-24-55/h4-5,7-9,11-15,24-26,34,63H,2-3,6,10,16-23,27H2,1H3,(H2,45,59)(H,46,56)(H,47,57)(H2,48,49,50,51). The number of thiol groups is 1. The van der Waals surface area contributed by atoms with Crippen LogP contribution in [0.1, 0.15) is 64.8 Å². The van der Waals surface area contributed by atoms with Crippen molar-refractivity contribution >= 4 is 83.2 Å². The maximum Gasteiger partial charge on any atom is 0.266 e. The minimum atomic E-state index is -1.30. The molecule has 2 aliphatic heterocycles. The molecule has 6 N–H and O–H groups in total. The number of hydrogen-bond acceptors (Lipinski definition) is 14. The highest BCUT2D eigenvalue weighted by molar-refractivity contribution is 7.80. The van der Waals surface area contributed by atoms with Gasteiger partial charge in [0, 0.05) is 92.2 Å². The molecule has 330 valence electrons. The number of piperazine rings is 1. The molecule has 0 spiro atoms. The number of primary amides is 1. The highest BCUT2D eigenvalue weighted by Crippen LogP contribution is 2.33. The van der Waals surface area contributed by atoms with Crippen LogP contribution in [0.3, 0.4) is 0 Å². The lowest BCUT2D eigenvalue weighted by atomic mass is 10.1. The summed E-state index contributed by atoms with van der Waals surface area (Å²) in [6, 6.07) is 18.7. The number of carbonyl (C=O) groups is 7. The van der Waals surface area contributed by atoms with Gasteiger partial charge in [0.25, 0.3) is 17.7 Å². The van der Waals surface area contributed by atoms with Gasteiger partial charge in [-0.05, 0) is 80.8 Å². The quantitative estimate of drug-likeness (QED) is 0.0305. The third-order valence-electron chi connectivity index (χ3n) is 10.5. The second-order valence-electron chi connectivity index (χ2n) is 15.0. The first kappa shape index (κ1) is 45.5. The van der Waals surface area contributed by atoms with Crippen LogP contribution in [0.15, 0.2) is 77.8 Å². The van der Waals surface area contributed by atoms with Crippen molar-refractivity contribution in [1.82, 2.24) is 30.4 Å². The van der Waals surface area contributed by atoms with E-state index in [-0.39, 0.29) is 54.4 Å². The topological polar surface area (TPSA) is 238 Å². The number of aldehydes is 1. The Morgan fingerprint density at radius 1 is 0.873 bits per heavy atom. The second kappa shape index (κ2) is 21.7. The summed E-state index contributed by atoms with van der Waals surface area (Å²) < 4.78 is 5.58. The van der Waals surface area contributed by atoms with Gasteiger partial charge in [0.1, 0.15) is 23.9 Å². The smallest absolute Gasteiger partial charge is 0.266 e. The fourth-order valence-electron chi connectivity index (χ4n) is 7.12. The molecule has 1 unspecified atom stereocenters. The molecular formula is C44H50N10O8S. The maximum absolute atomic E-state index is 13.2. The van der Waals surface area contributed by atoms with Gasteiger partial charge in [-0.2, -0.15) is 4.98 Å². The average molecular weight is 879 g/mol. The van der Waals surface area contributed by atoms with Gasteiger partial charge >= 0.3 is 0 Å². The van der Waals surface area contributed by atoms with Gasteiger partial charge in [0.2, 0.25) is 23.7 Å². The zero-order valence-electron chi connectivity index (χ0n) is 34.8. The normalized spacial score (nSPS) is 13.8. The summed E-state index contributed by atoms with van der Waals surface area (Å²) in [6.45, 7) is 4.58. The molecule has 0 aliphatic carbocycles. The fraction of sp³-hybridized carbons (Fsp3) is 0.341. The molecule has 3 heterocycles. The Morgan fingerprint density at radius 3 is 2.29 bits per heavy atom. The molecular weight excluding hydrogens is 829 g/mol. The summed E-state index contributed by atoms with van der Waals surface area (Å²) in [7, 11) is 0. The van der Waals surface area contributed by atoms with Crippen molar-refractivity contribution in [2.24, 2.45) is 5.73 Å². The minimum Gasteiger partial charge on any atom is -0.483 e. The molecule has 63 heavy (non-hydrogen) atoms. The van der Waals surface area contributed by atoms with Gasteiger partial charge in [-0.3, -0.25) is 33.7 Å². The number of benzene rings is 3. The predicted molar refractivity (Wildman–Crippen MR) is 237 cm³/mol. The van der Waals surface area contributed by atoms with Crippen molar-refractivity contribution in [3.05, 3.63) is 89.6 Å². The molecule has 0 radical (unpaired) electrons. The second-order valence-corrected chi connectivity index (χ2v) is 15.5. The van der Waals surface area contributed by atoms with Crippen LogP contribution in [0.4, 0.5) is 28.8 Å². The van der Waals surface area contributed by atoms with Gasteiger partial charge in [-0.25, -0.2) is 4.98 Å². The molecule has 1 atom stereocenters. The van der Waals surface area contributed by atoms with Crippen molar-refractivity contribution in [2.75, 3.05) is 61.4 Å². The van der Waals surface area contributed by atoms with Crippen LogP contribution in [0, 0.1) is 6.92 Å². The van der Waals surface area contributed by atoms with Crippen molar-refractivity contribution in [3.63, 3.8) is 0 Å². The molecule has 18 nitrogen and oxygen atoms in total. The number of aryl methyl sites for hydroxylation is 1. The number of anilines is 5. The Bertz CT molecular complexity index is 2340. The number of nitrogens with two attached hydrogens (primary N) is 1.